The normalized spacial score (nSPS) is 11.0. The number of rotatable bonds is 6. The van der Waals surface area contributed by atoms with Gasteiger partial charge >= 0.3 is 0 Å². The number of ether oxygens (including phenoxy) is 1. The van der Waals surface area contributed by atoms with Gasteiger partial charge in [0.15, 0.2) is 0 Å². The Morgan fingerprint density at radius 1 is 1.19 bits per heavy atom. The molecule has 0 fully saturated rings. The van der Waals surface area contributed by atoms with Crippen LogP contribution in [0.2, 0.25) is 0 Å². The van der Waals surface area contributed by atoms with Gasteiger partial charge in [-0.2, -0.15) is 0 Å². The lowest BCUT2D eigenvalue weighted by Gasteiger charge is -2.05. The first-order chi connectivity index (χ1) is 13.1. The number of benzene rings is 2. The second-order valence-electron chi connectivity index (χ2n) is 5.81. The minimum Gasteiger partial charge on any atom is -0.497 e. The van der Waals surface area contributed by atoms with E-state index in [9.17, 15) is 14.4 Å². The molecule has 1 aromatic heterocycles. The number of carbonyl (C=O) groups excluding carboxylic acids is 3. The molecule has 3 rings (SSSR count). The van der Waals surface area contributed by atoms with Crippen molar-refractivity contribution >= 4 is 35.1 Å². The SMILES string of the molecule is COc1ccc2c(c1)c(C[C]=O)c(C(N)=O)n2C(=O)C=Cc1ccccc1. The number of hydrogen-bond donors (Lipinski definition) is 1. The number of allylic oxidation sites excluding steroid dienone is 1. The van der Waals surface area contributed by atoms with Crippen molar-refractivity contribution in [3.8, 4) is 5.75 Å². The molecule has 6 nitrogen and oxygen atoms in total. The van der Waals surface area contributed by atoms with Gasteiger partial charge in [-0.1, -0.05) is 30.3 Å². The van der Waals surface area contributed by atoms with Crippen LogP contribution in [-0.4, -0.2) is 29.8 Å². The first-order valence-electron chi connectivity index (χ1n) is 8.20. The summed E-state index contributed by atoms with van der Waals surface area (Å²) in [5, 5.41) is 0.549. The lowest BCUT2D eigenvalue weighted by molar-refractivity contribution is 0.0932. The third-order valence-electron chi connectivity index (χ3n) is 4.20. The molecule has 3 aromatic rings. The third kappa shape index (κ3) is 3.50. The van der Waals surface area contributed by atoms with Crippen LogP contribution < -0.4 is 10.5 Å². The summed E-state index contributed by atoms with van der Waals surface area (Å²) < 4.78 is 6.43. The van der Waals surface area contributed by atoms with Gasteiger partial charge in [0.05, 0.1) is 12.6 Å². The molecule has 0 aliphatic rings. The Labute approximate surface area is 155 Å². The predicted molar refractivity (Wildman–Crippen MR) is 103 cm³/mol. The largest absolute Gasteiger partial charge is 0.497 e. The minimum atomic E-state index is -0.795. The lowest BCUT2D eigenvalue weighted by atomic mass is 10.1. The van der Waals surface area contributed by atoms with Crippen LogP contribution in [0.3, 0.4) is 0 Å². The molecule has 2 aromatic carbocycles. The molecular weight excluding hydrogens is 344 g/mol. The summed E-state index contributed by atoms with van der Waals surface area (Å²) in [7, 11) is 1.51. The van der Waals surface area contributed by atoms with Crippen LogP contribution >= 0.6 is 0 Å². The van der Waals surface area contributed by atoms with Crippen molar-refractivity contribution in [2.45, 2.75) is 6.42 Å². The number of methoxy groups -OCH3 is 1. The average molecular weight is 361 g/mol. The van der Waals surface area contributed by atoms with Gasteiger partial charge in [-0.15, -0.1) is 0 Å². The predicted octanol–water partition coefficient (Wildman–Crippen LogP) is 2.75. The van der Waals surface area contributed by atoms with E-state index in [1.165, 1.54) is 17.8 Å². The number of amides is 1. The van der Waals surface area contributed by atoms with Crippen molar-refractivity contribution in [3.63, 3.8) is 0 Å². The lowest BCUT2D eigenvalue weighted by Crippen LogP contribution is -2.22. The van der Waals surface area contributed by atoms with E-state index < -0.39 is 11.8 Å². The number of primary amides is 1. The summed E-state index contributed by atoms with van der Waals surface area (Å²) in [5.74, 6) is -0.702. The van der Waals surface area contributed by atoms with Crippen LogP contribution in [0.15, 0.2) is 54.6 Å². The van der Waals surface area contributed by atoms with Crippen molar-refractivity contribution in [2.75, 3.05) is 7.11 Å². The van der Waals surface area contributed by atoms with Crippen LogP contribution in [0.4, 0.5) is 0 Å². The smallest absolute Gasteiger partial charge is 0.266 e. The molecule has 1 amide bonds. The molecule has 0 unspecified atom stereocenters. The molecule has 1 heterocycles. The second kappa shape index (κ2) is 7.70. The first-order valence-corrected chi connectivity index (χ1v) is 8.20. The van der Waals surface area contributed by atoms with Gasteiger partial charge in [0.2, 0.25) is 6.29 Å². The van der Waals surface area contributed by atoms with Crippen LogP contribution in [0.5, 0.6) is 5.75 Å². The molecule has 0 atom stereocenters. The standard InChI is InChI=1S/C21H17N2O4/c1-27-15-8-9-18-17(13-15)16(11-12-24)20(21(22)26)23(18)19(25)10-7-14-5-3-2-4-6-14/h2-10,13H,11H2,1H3,(H2,22,26). The molecule has 0 saturated heterocycles. The molecule has 0 saturated carbocycles. The molecule has 27 heavy (non-hydrogen) atoms. The number of nitrogens with zero attached hydrogens (tertiary/aromatic N) is 1. The molecule has 2 N–H and O–H groups in total. The Bertz CT molecular complexity index is 1050. The maximum atomic E-state index is 12.9. The van der Waals surface area contributed by atoms with E-state index in [0.29, 0.717) is 22.2 Å². The maximum absolute atomic E-state index is 12.9. The second-order valence-corrected chi connectivity index (χ2v) is 5.81. The van der Waals surface area contributed by atoms with Gasteiger partial charge < -0.3 is 10.5 Å². The van der Waals surface area contributed by atoms with E-state index in [0.717, 1.165) is 5.56 Å². The summed E-state index contributed by atoms with van der Waals surface area (Å²) in [6, 6.07) is 14.3. The van der Waals surface area contributed by atoms with E-state index >= 15 is 0 Å². The van der Waals surface area contributed by atoms with Crippen molar-refractivity contribution in [1.82, 2.24) is 4.57 Å². The Morgan fingerprint density at radius 3 is 2.56 bits per heavy atom. The summed E-state index contributed by atoms with van der Waals surface area (Å²) in [6.07, 6.45) is 4.62. The number of fused-ring (bicyclic) bond motifs is 1. The maximum Gasteiger partial charge on any atom is 0.266 e. The number of hydrogen-bond acceptors (Lipinski definition) is 4. The van der Waals surface area contributed by atoms with Crippen LogP contribution in [-0.2, 0) is 11.2 Å². The highest BCUT2D eigenvalue weighted by atomic mass is 16.5. The number of aromatic nitrogens is 1. The zero-order valence-corrected chi connectivity index (χ0v) is 14.6. The quantitative estimate of drug-likeness (QED) is 0.684. The van der Waals surface area contributed by atoms with Crippen LogP contribution in [0.1, 0.15) is 26.4 Å². The molecule has 135 valence electrons. The zero-order chi connectivity index (χ0) is 19.4. The summed E-state index contributed by atoms with van der Waals surface area (Å²) in [6.45, 7) is 0. The third-order valence-corrected chi connectivity index (χ3v) is 4.20. The Balaban J connectivity index is 2.19. The van der Waals surface area contributed by atoms with Crippen molar-refractivity contribution < 1.29 is 19.1 Å². The Hall–Kier alpha value is -3.67. The van der Waals surface area contributed by atoms with Crippen LogP contribution in [0, 0.1) is 0 Å². The summed E-state index contributed by atoms with van der Waals surface area (Å²) >= 11 is 0. The zero-order valence-electron chi connectivity index (χ0n) is 14.6. The highest BCUT2D eigenvalue weighted by molar-refractivity contribution is 6.10. The van der Waals surface area contributed by atoms with Gasteiger partial charge in [-0.05, 0) is 35.4 Å². The van der Waals surface area contributed by atoms with Crippen LogP contribution in [0.25, 0.3) is 17.0 Å². The van der Waals surface area contributed by atoms with Crippen molar-refractivity contribution in [1.29, 1.82) is 0 Å². The van der Waals surface area contributed by atoms with E-state index in [2.05, 4.69) is 0 Å². The topological polar surface area (TPSA) is 91.4 Å². The van der Waals surface area contributed by atoms with E-state index in [4.69, 9.17) is 10.5 Å². The Kier molecular flexibility index (Phi) is 5.17. The van der Waals surface area contributed by atoms with Gasteiger partial charge in [0, 0.05) is 17.9 Å². The molecular formula is C21H17N2O4. The minimum absolute atomic E-state index is 0.0238. The van der Waals surface area contributed by atoms with E-state index in [1.807, 2.05) is 30.3 Å². The van der Waals surface area contributed by atoms with E-state index in [1.54, 1.807) is 30.6 Å². The van der Waals surface area contributed by atoms with Gasteiger partial charge in [-0.25, -0.2) is 0 Å². The number of nitrogens with two attached hydrogens (primary N) is 1. The molecule has 0 spiro atoms. The fraction of sp³-hybridized carbons (Fsp3) is 0.0952. The molecule has 1 radical (unpaired) electrons. The van der Waals surface area contributed by atoms with Gasteiger partial charge in [0.25, 0.3) is 11.8 Å². The molecule has 0 bridgehead atoms. The first kappa shape index (κ1) is 18.1. The molecule has 0 aliphatic carbocycles. The van der Waals surface area contributed by atoms with Crippen molar-refractivity contribution in [2.24, 2.45) is 5.73 Å². The molecule has 0 aliphatic heterocycles. The van der Waals surface area contributed by atoms with Gasteiger partial charge in [0.1, 0.15) is 11.4 Å². The van der Waals surface area contributed by atoms with Crippen molar-refractivity contribution in [3.05, 3.63) is 71.4 Å². The average Bonchev–Trinajstić information content (AvgIpc) is 3.01. The highest BCUT2D eigenvalue weighted by Gasteiger charge is 2.24. The monoisotopic (exact) mass is 361 g/mol. The van der Waals surface area contributed by atoms with E-state index in [-0.39, 0.29) is 12.1 Å². The number of carbonyl (C=O) groups is 2. The Morgan fingerprint density at radius 2 is 1.93 bits per heavy atom. The fourth-order valence-corrected chi connectivity index (χ4v) is 3.01. The highest BCUT2D eigenvalue weighted by Crippen LogP contribution is 2.30. The van der Waals surface area contributed by atoms with Gasteiger partial charge in [-0.3, -0.25) is 19.0 Å². The summed E-state index contributed by atoms with van der Waals surface area (Å²) in [5.41, 5.74) is 7.17. The molecule has 6 heteroatoms. The fourth-order valence-electron chi connectivity index (χ4n) is 3.01. The summed E-state index contributed by atoms with van der Waals surface area (Å²) in [4.78, 5) is 36.0.